The predicted molar refractivity (Wildman–Crippen MR) is 61.8 cm³/mol. The van der Waals surface area contributed by atoms with Crippen LogP contribution in [0.2, 0.25) is 0 Å². The van der Waals surface area contributed by atoms with Crippen LogP contribution in [-0.2, 0) is 11.3 Å². The van der Waals surface area contributed by atoms with Gasteiger partial charge in [-0.15, -0.1) is 11.3 Å². The Morgan fingerprint density at radius 3 is 3.20 bits per heavy atom. The number of ether oxygens (including phenoxy) is 1. The molecule has 1 saturated heterocycles. The van der Waals surface area contributed by atoms with Gasteiger partial charge in [0.05, 0.1) is 6.10 Å². The lowest BCUT2D eigenvalue weighted by Crippen LogP contribution is -2.27. The number of nitrogens with zero attached hydrogens (tertiary/aromatic N) is 2. The molecule has 0 bridgehead atoms. The molecule has 2 rings (SSSR count). The Kier molecular flexibility index (Phi) is 3.56. The topological polar surface area (TPSA) is 51.4 Å². The molecular formula is C10H17N3OS. The van der Waals surface area contributed by atoms with Crippen molar-refractivity contribution < 1.29 is 4.74 Å². The van der Waals surface area contributed by atoms with Gasteiger partial charge in [-0.1, -0.05) is 0 Å². The molecule has 1 atom stereocenters. The lowest BCUT2D eigenvalue weighted by Gasteiger charge is -2.19. The van der Waals surface area contributed by atoms with E-state index in [4.69, 9.17) is 10.5 Å². The molecule has 0 aromatic carbocycles. The number of hydrogen-bond donors (Lipinski definition) is 1. The molecule has 0 saturated carbocycles. The van der Waals surface area contributed by atoms with Crippen LogP contribution in [0.3, 0.4) is 0 Å². The monoisotopic (exact) mass is 227 g/mol. The molecule has 1 aliphatic heterocycles. The normalized spacial score (nSPS) is 21.3. The van der Waals surface area contributed by atoms with Crippen molar-refractivity contribution in [2.24, 2.45) is 0 Å². The summed E-state index contributed by atoms with van der Waals surface area (Å²) in [5.74, 6) is 0. The fourth-order valence-electron chi connectivity index (χ4n) is 1.86. The average molecular weight is 227 g/mol. The summed E-state index contributed by atoms with van der Waals surface area (Å²) in [6, 6.07) is 0. The second-order valence-corrected chi connectivity index (χ2v) is 5.14. The number of nitrogen functional groups attached to an aromatic ring is 1. The van der Waals surface area contributed by atoms with Gasteiger partial charge in [-0.25, -0.2) is 4.98 Å². The number of thiazole rings is 1. The molecule has 15 heavy (non-hydrogen) atoms. The predicted octanol–water partition coefficient (Wildman–Crippen LogP) is 1.34. The first-order valence-corrected chi connectivity index (χ1v) is 6.06. The Balaban J connectivity index is 1.78. The van der Waals surface area contributed by atoms with E-state index in [9.17, 15) is 0 Å². The summed E-state index contributed by atoms with van der Waals surface area (Å²) in [4.78, 5) is 7.52. The molecule has 0 amide bonds. The number of aromatic nitrogens is 1. The third-order valence-electron chi connectivity index (χ3n) is 2.54. The maximum atomic E-state index is 5.59. The second kappa shape index (κ2) is 4.92. The molecule has 1 fully saturated rings. The molecule has 2 N–H and O–H groups in total. The fraction of sp³-hybridized carbons (Fsp3) is 0.700. The highest BCUT2D eigenvalue weighted by atomic mass is 32.1. The molecule has 2 heterocycles. The van der Waals surface area contributed by atoms with Gasteiger partial charge in [0.25, 0.3) is 0 Å². The van der Waals surface area contributed by atoms with Gasteiger partial charge in [0.15, 0.2) is 5.13 Å². The minimum atomic E-state index is 0.417. The van der Waals surface area contributed by atoms with E-state index in [1.807, 2.05) is 6.20 Å². The molecule has 1 aromatic heterocycles. The Hall–Kier alpha value is -0.650. The van der Waals surface area contributed by atoms with Crippen LogP contribution in [0.15, 0.2) is 6.20 Å². The maximum Gasteiger partial charge on any atom is 0.180 e. The van der Waals surface area contributed by atoms with Crippen molar-refractivity contribution in [2.45, 2.75) is 25.5 Å². The van der Waals surface area contributed by atoms with Crippen LogP contribution < -0.4 is 5.73 Å². The van der Waals surface area contributed by atoms with Crippen molar-refractivity contribution in [1.29, 1.82) is 0 Å². The third-order valence-corrected chi connectivity index (χ3v) is 3.35. The van der Waals surface area contributed by atoms with E-state index in [0.717, 1.165) is 19.7 Å². The van der Waals surface area contributed by atoms with E-state index in [1.165, 1.54) is 17.7 Å². The zero-order chi connectivity index (χ0) is 10.7. The first-order valence-electron chi connectivity index (χ1n) is 5.24. The Labute approximate surface area is 94.1 Å². The standard InChI is InChI=1S/C10H17N3OS/c1-13(6-8-3-2-4-14-8)7-9-5-12-10(11)15-9/h5,8H,2-4,6-7H2,1H3,(H2,11,12)/t8-/m1/s1. The molecule has 0 radical (unpaired) electrons. The lowest BCUT2D eigenvalue weighted by molar-refractivity contribution is 0.0796. The van der Waals surface area contributed by atoms with Crippen molar-refractivity contribution in [3.05, 3.63) is 11.1 Å². The maximum absolute atomic E-state index is 5.59. The van der Waals surface area contributed by atoms with Crippen molar-refractivity contribution in [2.75, 3.05) is 25.9 Å². The van der Waals surface area contributed by atoms with Crippen molar-refractivity contribution in [1.82, 2.24) is 9.88 Å². The van der Waals surface area contributed by atoms with Crippen LogP contribution in [0.5, 0.6) is 0 Å². The Morgan fingerprint density at radius 2 is 2.60 bits per heavy atom. The summed E-state index contributed by atoms with van der Waals surface area (Å²) < 4.78 is 5.59. The molecule has 4 nitrogen and oxygen atoms in total. The number of rotatable bonds is 4. The highest BCUT2D eigenvalue weighted by molar-refractivity contribution is 7.15. The van der Waals surface area contributed by atoms with E-state index in [1.54, 1.807) is 11.3 Å². The summed E-state index contributed by atoms with van der Waals surface area (Å²) >= 11 is 1.56. The van der Waals surface area contributed by atoms with Gasteiger partial charge in [0.2, 0.25) is 0 Å². The van der Waals surface area contributed by atoms with Crippen LogP contribution in [-0.4, -0.2) is 36.2 Å². The lowest BCUT2D eigenvalue weighted by atomic mass is 10.2. The van der Waals surface area contributed by atoms with Gasteiger partial charge >= 0.3 is 0 Å². The number of likely N-dealkylation sites (N-methyl/N-ethyl adjacent to an activating group) is 1. The summed E-state index contributed by atoms with van der Waals surface area (Å²) in [6.45, 7) is 2.83. The Bertz CT molecular complexity index is 309. The van der Waals surface area contributed by atoms with Gasteiger partial charge in [0.1, 0.15) is 0 Å². The number of nitrogens with two attached hydrogens (primary N) is 1. The van der Waals surface area contributed by atoms with E-state index >= 15 is 0 Å². The summed E-state index contributed by atoms with van der Waals surface area (Å²) in [6.07, 6.45) is 4.66. The molecule has 0 aliphatic carbocycles. The van der Waals surface area contributed by atoms with E-state index in [-0.39, 0.29) is 0 Å². The van der Waals surface area contributed by atoms with Crippen LogP contribution in [0.25, 0.3) is 0 Å². The van der Waals surface area contributed by atoms with E-state index in [0.29, 0.717) is 11.2 Å². The number of anilines is 1. The highest BCUT2D eigenvalue weighted by Crippen LogP contribution is 2.18. The van der Waals surface area contributed by atoms with Crippen LogP contribution in [0, 0.1) is 0 Å². The van der Waals surface area contributed by atoms with Crippen LogP contribution >= 0.6 is 11.3 Å². The summed E-state index contributed by atoms with van der Waals surface area (Å²) in [5, 5.41) is 0.649. The first-order chi connectivity index (χ1) is 7.24. The zero-order valence-electron chi connectivity index (χ0n) is 8.98. The van der Waals surface area contributed by atoms with Gasteiger partial charge in [-0.3, -0.25) is 4.90 Å². The largest absolute Gasteiger partial charge is 0.377 e. The molecule has 0 unspecified atom stereocenters. The summed E-state index contributed by atoms with van der Waals surface area (Å²) in [7, 11) is 2.11. The minimum Gasteiger partial charge on any atom is -0.377 e. The van der Waals surface area contributed by atoms with Gasteiger partial charge in [-0.2, -0.15) is 0 Å². The van der Waals surface area contributed by atoms with E-state index < -0.39 is 0 Å². The molecule has 0 spiro atoms. The van der Waals surface area contributed by atoms with Crippen molar-refractivity contribution in [3.8, 4) is 0 Å². The molecule has 84 valence electrons. The first kappa shape index (κ1) is 10.9. The second-order valence-electron chi connectivity index (χ2n) is 4.00. The van der Waals surface area contributed by atoms with Gasteiger partial charge in [-0.05, 0) is 19.9 Å². The van der Waals surface area contributed by atoms with Gasteiger partial charge < -0.3 is 10.5 Å². The molecule has 5 heteroatoms. The van der Waals surface area contributed by atoms with Crippen LogP contribution in [0.1, 0.15) is 17.7 Å². The third kappa shape index (κ3) is 3.15. The smallest absolute Gasteiger partial charge is 0.180 e. The van der Waals surface area contributed by atoms with Crippen LogP contribution in [0.4, 0.5) is 5.13 Å². The Morgan fingerprint density at radius 1 is 1.73 bits per heavy atom. The summed E-state index contributed by atoms with van der Waals surface area (Å²) in [5.41, 5.74) is 5.58. The molecular weight excluding hydrogens is 210 g/mol. The van der Waals surface area contributed by atoms with Gasteiger partial charge in [0, 0.05) is 30.8 Å². The quantitative estimate of drug-likeness (QED) is 0.843. The minimum absolute atomic E-state index is 0.417. The fourth-order valence-corrected chi connectivity index (χ4v) is 2.63. The van der Waals surface area contributed by atoms with E-state index in [2.05, 4.69) is 16.9 Å². The average Bonchev–Trinajstić information content (AvgIpc) is 2.77. The number of hydrogen-bond acceptors (Lipinski definition) is 5. The molecule has 1 aromatic rings. The zero-order valence-corrected chi connectivity index (χ0v) is 9.80. The highest BCUT2D eigenvalue weighted by Gasteiger charge is 2.17. The SMILES string of the molecule is CN(Cc1cnc(N)s1)C[C@H]1CCCO1. The van der Waals surface area contributed by atoms with Crippen molar-refractivity contribution >= 4 is 16.5 Å². The van der Waals surface area contributed by atoms with Crippen molar-refractivity contribution in [3.63, 3.8) is 0 Å². The molecule has 1 aliphatic rings.